The smallest absolute Gasteiger partial charge is 0.260 e. The highest BCUT2D eigenvalue weighted by Crippen LogP contribution is 2.34. The van der Waals surface area contributed by atoms with Gasteiger partial charge in [0.15, 0.2) is 5.11 Å². The largest absolute Gasteiger partial charge is 0.368 e. The molecule has 10 heteroatoms. The van der Waals surface area contributed by atoms with Crippen molar-refractivity contribution in [1.29, 1.82) is 0 Å². The van der Waals surface area contributed by atoms with Crippen LogP contribution in [-0.4, -0.2) is 42.1 Å². The number of rotatable bonds is 5. The molecule has 0 aromatic heterocycles. The third-order valence-corrected chi connectivity index (χ3v) is 7.09. The first-order valence-electron chi connectivity index (χ1n) is 11.0. The molecule has 1 aliphatic heterocycles. The lowest BCUT2D eigenvalue weighted by molar-refractivity contribution is -0.127. The maximum Gasteiger partial charge on any atom is 0.260 e. The molecule has 182 valence electrons. The highest BCUT2D eigenvalue weighted by atomic mass is 35.5. The molecule has 0 aliphatic carbocycles. The van der Waals surface area contributed by atoms with Crippen LogP contribution in [0.25, 0.3) is 0 Å². The van der Waals surface area contributed by atoms with Gasteiger partial charge >= 0.3 is 0 Å². The summed E-state index contributed by atoms with van der Waals surface area (Å²) >= 11 is 24.5. The number of hydrogen-bond acceptors (Lipinski definition) is 4. The van der Waals surface area contributed by atoms with E-state index in [0.29, 0.717) is 41.2 Å². The van der Waals surface area contributed by atoms with Crippen molar-refractivity contribution in [1.82, 2.24) is 15.8 Å². The van der Waals surface area contributed by atoms with Gasteiger partial charge < -0.3 is 10.2 Å². The summed E-state index contributed by atoms with van der Waals surface area (Å²) < 4.78 is 0. The number of carbonyl (C=O) groups is 1. The third-order valence-electron chi connectivity index (χ3n) is 5.73. The minimum absolute atomic E-state index is 0.260. The van der Waals surface area contributed by atoms with Crippen LogP contribution in [0.5, 0.6) is 0 Å². The highest BCUT2D eigenvalue weighted by molar-refractivity contribution is 7.80. The van der Waals surface area contributed by atoms with Gasteiger partial charge in [-0.05, 0) is 48.1 Å². The topological polar surface area (TPSA) is 59.6 Å². The molecule has 3 aromatic rings. The molecular formula is C25H24Cl3N5OS. The number of hydrogen-bond donors (Lipinski definition) is 3. The molecule has 3 N–H and O–H groups in total. The second-order valence-corrected chi connectivity index (χ2v) is 9.56. The Morgan fingerprint density at radius 3 is 2.17 bits per heavy atom. The maximum absolute atomic E-state index is 13.4. The van der Waals surface area contributed by atoms with Crippen LogP contribution in [0.15, 0.2) is 72.8 Å². The van der Waals surface area contributed by atoms with Gasteiger partial charge in [0.25, 0.3) is 5.91 Å². The lowest BCUT2D eigenvalue weighted by atomic mass is 10.0. The monoisotopic (exact) mass is 547 g/mol. The number of nitrogens with one attached hydrogen (secondary N) is 3. The lowest BCUT2D eigenvalue weighted by Crippen LogP contribution is -2.54. The van der Waals surface area contributed by atoms with Crippen LogP contribution in [0.1, 0.15) is 11.6 Å². The fourth-order valence-electron chi connectivity index (χ4n) is 4.03. The summed E-state index contributed by atoms with van der Waals surface area (Å²) in [5.41, 5.74) is 7.97. The van der Waals surface area contributed by atoms with E-state index in [9.17, 15) is 4.79 Å². The van der Waals surface area contributed by atoms with Gasteiger partial charge in [0.2, 0.25) is 0 Å². The predicted octanol–water partition coefficient (Wildman–Crippen LogP) is 5.53. The van der Waals surface area contributed by atoms with Gasteiger partial charge in [-0.25, -0.2) is 0 Å². The standard InChI is InChI=1S/C25H24Cl3N5OS/c26-19-10-5-4-9-18(19)23(24(34)30-31-25(35)29-17-7-2-1-3-8-17)33-15-13-32(14-16-33)21-12-6-11-20(27)22(21)28/h1-12,23H,13-16H2,(H,30,34)(H2,29,31,35). The van der Waals surface area contributed by atoms with Crippen LogP contribution in [0.4, 0.5) is 11.4 Å². The highest BCUT2D eigenvalue weighted by Gasteiger charge is 2.32. The van der Waals surface area contributed by atoms with Crippen molar-refractivity contribution in [3.63, 3.8) is 0 Å². The van der Waals surface area contributed by atoms with Gasteiger partial charge in [0, 0.05) is 36.9 Å². The zero-order chi connectivity index (χ0) is 24.8. The van der Waals surface area contributed by atoms with E-state index in [1.807, 2.05) is 60.7 Å². The van der Waals surface area contributed by atoms with Gasteiger partial charge in [0.05, 0.1) is 15.7 Å². The Morgan fingerprint density at radius 1 is 0.800 bits per heavy atom. The first-order valence-corrected chi connectivity index (χ1v) is 12.6. The second-order valence-electron chi connectivity index (χ2n) is 7.95. The molecule has 1 atom stereocenters. The molecule has 3 aromatic carbocycles. The summed E-state index contributed by atoms with van der Waals surface area (Å²) in [4.78, 5) is 17.7. The summed E-state index contributed by atoms with van der Waals surface area (Å²) in [5.74, 6) is -0.260. The Morgan fingerprint density at radius 2 is 1.46 bits per heavy atom. The van der Waals surface area contributed by atoms with E-state index in [4.69, 9.17) is 47.0 Å². The predicted molar refractivity (Wildman–Crippen MR) is 148 cm³/mol. The average Bonchev–Trinajstić information content (AvgIpc) is 2.87. The summed E-state index contributed by atoms with van der Waals surface area (Å²) in [6.45, 7) is 2.60. The number of carbonyl (C=O) groups excluding carboxylic acids is 1. The van der Waals surface area contributed by atoms with Gasteiger partial charge in [-0.2, -0.15) is 0 Å². The fraction of sp³-hybridized carbons (Fsp3) is 0.200. The van der Waals surface area contributed by atoms with Crippen LogP contribution < -0.4 is 21.1 Å². The molecule has 1 saturated heterocycles. The summed E-state index contributed by atoms with van der Waals surface area (Å²) in [6.07, 6.45) is 0. The number of hydrazine groups is 1. The Kier molecular flexibility index (Phi) is 8.70. The Labute approximate surface area is 225 Å². The molecule has 0 saturated carbocycles. The Hall–Kier alpha value is -2.55. The van der Waals surface area contributed by atoms with Crippen LogP contribution >= 0.6 is 47.0 Å². The number of thiocarbonyl (C=S) groups is 1. The normalized spacial score (nSPS) is 14.8. The molecule has 1 fully saturated rings. The van der Waals surface area contributed by atoms with E-state index in [1.54, 1.807) is 12.1 Å². The molecule has 1 unspecified atom stereocenters. The molecule has 1 heterocycles. The molecule has 1 amide bonds. The number of halogens is 3. The van der Waals surface area contributed by atoms with E-state index in [1.165, 1.54) is 0 Å². The van der Waals surface area contributed by atoms with Crippen LogP contribution in [0, 0.1) is 0 Å². The van der Waals surface area contributed by atoms with Crippen molar-refractivity contribution in [3.05, 3.63) is 93.4 Å². The molecule has 1 aliphatic rings. The average molecular weight is 549 g/mol. The van der Waals surface area contributed by atoms with Crippen molar-refractivity contribution < 1.29 is 4.79 Å². The van der Waals surface area contributed by atoms with E-state index in [0.717, 1.165) is 16.9 Å². The molecule has 6 nitrogen and oxygen atoms in total. The summed E-state index contributed by atoms with van der Waals surface area (Å²) in [7, 11) is 0. The van der Waals surface area contributed by atoms with Crippen LogP contribution in [-0.2, 0) is 4.79 Å². The quantitative estimate of drug-likeness (QED) is 0.288. The minimum Gasteiger partial charge on any atom is -0.368 e. The summed E-state index contributed by atoms with van der Waals surface area (Å²) in [5, 5.41) is 4.90. The first kappa shape index (κ1) is 25.5. The van der Waals surface area contributed by atoms with Crippen molar-refractivity contribution in [2.24, 2.45) is 0 Å². The zero-order valence-electron chi connectivity index (χ0n) is 18.7. The van der Waals surface area contributed by atoms with Crippen LogP contribution in [0.3, 0.4) is 0 Å². The van der Waals surface area contributed by atoms with Gasteiger partial charge in [-0.15, -0.1) is 0 Å². The molecule has 4 rings (SSSR count). The van der Waals surface area contributed by atoms with Crippen molar-refractivity contribution in [3.8, 4) is 0 Å². The lowest BCUT2D eigenvalue weighted by Gasteiger charge is -2.40. The number of benzene rings is 3. The molecule has 0 spiro atoms. The van der Waals surface area contributed by atoms with Crippen molar-refractivity contribution in [2.45, 2.75) is 6.04 Å². The van der Waals surface area contributed by atoms with E-state index >= 15 is 0 Å². The third kappa shape index (κ3) is 6.37. The Balaban J connectivity index is 1.45. The maximum atomic E-state index is 13.4. The van der Waals surface area contributed by atoms with Crippen molar-refractivity contribution >= 4 is 69.4 Å². The zero-order valence-corrected chi connectivity index (χ0v) is 21.8. The number of nitrogens with zero attached hydrogens (tertiary/aromatic N) is 2. The second kappa shape index (κ2) is 11.9. The number of piperazine rings is 1. The number of para-hydroxylation sites is 1. The van der Waals surface area contributed by atoms with Crippen molar-refractivity contribution in [2.75, 3.05) is 36.4 Å². The van der Waals surface area contributed by atoms with E-state index < -0.39 is 6.04 Å². The number of amides is 1. The first-order chi connectivity index (χ1) is 16.9. The molecule has 0 radical (unpaired) electrons. The van der Waals surface area contributed by atoms with E-state index in [2.05, 4.69) is 26.0 Å². The fourth-order valence-corrected chi connectivity index (χ4v) is 4.85. The Bertz CT molecular complexity index is 1190. The van der Waals surface area contributed by atoms with Gasteiger partial charge in [-0.3, -0.25) is 20.5 Å². The van der Waals surface area contributed by atoms with Gasteiger partial charge in [0.1, 0.15) is 6.04 Å². The SMILES string of the molecule is O=C(NNC(=S)Nc1ccccc1)C(c1ccccc1Cl)N1CCN(c2cccc(Cl)c2Cl)CC1. The van der Waals surface area contributed by atoms with Crippen LogP contribution in [0.2, 0.25) is 15.1 Å². The molecular weight excluding hydrogens is 525 g/mol. The van der Waals surface area contributed by atoms with E-state index in [-0.39, 0.29) is 11.0 Å². The number of anilines is 2. The minimum atomic E-state index is -0.604. The summed E-state index contributed by atoms with van der Waals surface area (Å²) in [6, 6.07) is 21.8. The molecule has 35 heavy (non-hydrogen) atoms. The molecule has 0 bridgehead atoms. The van der Waals surface area contributed by atoms with Gasteiger partial charge in [-0.1, -0.05) is 77.3 Å².